The number of rotatable bonds is 1. The van der Waals surface area contributed by atoms with Crippen LogP contribution in [0.3, 0.4) is 0 Å². The van der Waals surface area contributed by atoms with Crippen LogP contribution in [0, 0.1) is 0 Å². The molecule has 0 saturated carbocycles. The molecule has 3 rings (SSSR count). The summed E-state index contributed by atoms with van der Waals surface area (Å²) in [5.74, 6) is 0.206. The standard InChI is InChI=1S/C14H13N3O/c15-13-11(5-3-8-16-13)14(18)17-9-7-10-4-1-2-6-12(10)17/h1-6,8H,7,9H2,(H2,15,16). The van der Waals surface area contributed by atoms with Gasteiger partial charge < -0.3 is 10.6 Å². The van der Waals surface area contributed by atoms with Gasteiger partial charge in [0, 0.05) is 18.4 Å². The van der Waals surface area contributed by atoms with Crippen LogP contribution in [-0.2, 0) is 6.42 Å². The van der Waals surface area contributed by atoms with Gasteiger partial charge in [0.25, 0.3) is 5.91 Å². The Hall–Kier alpha value is -2.36. The molecular formula is C14H13N3O. The zero-order valence-corrected chi connectivity index (χ0v) is 9.84. The van der Waals surface area contributed by atoms with Gasteiger partial charge in [0.05, 0.1) is 5.56 Å². The third kappa shape index (κ3) is 1.62. The minimum Gasteiger partial charge on any atom is -0.383 e. The Morgan fingerprint density at radius 1 is 1.22 bits per heavy atom. The maximum absolute atomic E-state index is 12.4. The normalized spacial score (nSPS) is 13.4. The molecule has 0 unspecified atom stereocenters. The summed E-state index contributed by atoms with van der Waals surface area (Å²) in [6.45, 7) is 0.701. The van der Waals surface area contributed by atoms with Crippen molar-refractivity contribution in [3.8, 4) is 0 Å². The first-order chi connectivity index (χ1) is 8.77. The zero-order chi connectivity index (χ0) is 12.5. The molecule has 18 heavy (non-hydrogen) atoms. The Kier molecular flexibility index (Phi) is 2.48. The van der Waals surface area contributed by atoms with Crippen molar-refractivity contribution in [2.24, 2.45) is 0 Å². The molecule has 1 aromatic carbocycles. The summed E-state index contributed by atoms with van der Waals surface area (Å²) in [6.07, 6.45) is 2.48. The molecule has 1 aliphatic rings. The molecule has 0 spiro atoms. The predicted octanol–water partition coefficient (Wildman–Crippen LogP) is 1.87. The minimum atomic E-state index is -0.0782. The number of carbonyl (C=O) groups excluding carboxylic acids is 1. The molecule has 1 amide bonds. The largest absolute Gasteiger partial charge is 0.383 e. The van der Waals surface area contributed by atoms with Gasteiger partial charge >= 0.3 is 0 Å². The highest BCUT2D eigenvalue weighted by Crippen LogP contribution is 2.29. The second-order valence-corrected chi connectivity index (χ2v) is 4.27. The Bertz CT molecular complexity index is 609. The minimum absolute atomic E-state index is 0.0782. The molecule has 2 N–H and O–H groups in total. The number of nitrogens with zero attached hydrogens (tertiary/aromatic N) is 2. The zero-order valence-electron chi connectivity index (χ0n) is 9.84. The third-order valence-corrected chi connectivity index (χ3v) is 3.20. The van der Waals surface area contributed by atoms with Crippen molar-refractivity contribution in [2.75, 3.05) is 17.2 Å². The van der Waals surface area contributed by atoms with Gasteiger partial charge in [-0.1, -0.05) is 18.2 Å². The monoisotopic (exact) mass is 239 g/mol. The van der Waals surface area contributed by atoms with Crippen molar-refractivity contribution in [1.29, 1.82) is 0 Å². The lowest BCUT2D eigenvalue weighted by molar-refractivity contribution is 0.0990. The molecule has 1 aliphatic heterocycles. The summed E-state index contributed by atoms with van der Waals surface area (Å²) in [5, 5.41) is 0. The van der Waals surface area contributed by atoms with E-state index in [1.807, 2.05) is 18.2 Å². The van der Waals surface area contributed by atoms with Gasteiger partial charge in [-0.15, -0.1) is 0 Å². The summed E-state index contributed by atoms with van der Waals surface area (Å²) < 4.78 is 0. The first kappa shape index (κ1) is 10.8. The van der Waals surface area contributed by atoms with E-state index in [0.29, 0.717) is 12.1 Å². The Morgan fingerprint density at radius 2 is 2.06 bits per heavy atom. The molecule has 0 fully saturated rings. The van der Waals surface area contributed by atoms with E-state index in [1.54, 1.807) is 23.2 Å². The molecule has 90 valence electrons. The van der Waals surface area contributed by atoms with E-state index in [-0.39, 0.29) is 11.7 Å². The van der Waals surface area contributed by atoms with Gasteiger partial charge in [0.2, 0.25) is 0 Å². The fourth-order valence-electron chi connectivity index (χ4n) is 2.29. The highest BCUT2D eigenvalue weighted by Gasteiger charge is 2.26. The van der Waals surface area contributed by atoms with E-state index < -0.39 is 0 Å². The highest BCUT2D eigenvalue weighted by molar-refractivity contribution is 6.09. The van der Waals surface area contributed by atoms with Crippen molar-refractivity contribution >= 4 is 17.4 Å². The van der Waals surface area contributed by atoms with E-state index in [1.165, 1.54) is 5.56 Å². The molecule has 0 atom stereocenters. The molecule has 2 heterocycles. The molecule has 0 bridgehead atoms. The van der Waals surface area contributed by atoms with Crippen LogP contribution in [0.25, 0.3) is 0 Å². The van der Waals surface area contributed by atoms with Gasteiger partial charge in [0.1, 0.15) is 5.82 Å². The van der Waals surface area contributed by atoms with Crippen molar-refractivity contribution in [1.82, 2.24) is 4.98 Å². The summed E-state index contributed by atoms with van der Waals surface area (Å²) in [6, 6.07) is 11.4. The quantitative estimate of drug-likeness (QED) is 0.826. The molecule has 4 heteroatoms. The first-order valence-corrected chi connectivity index (χ1v) is 5.87. The van der Waals surface area contributed by atoms with Crippen LogP contribution in [0.15, 0.2) is 42.6 Å². The van der Waals surface area contributed by atoms with Gasteiger partial charge in [-0.05, 0) is 30.2 Å². The fourth-order valence-corrected chi connectivity index (χ4v) is 2.29. The number of fused-ring (bicyclic) bond motifs is 1. The Morgan fingerprint density at radius 3 is 2.89 bits per heavy atom. The molecule has 0 aliphatic carbocycles. The average Bonchev–Trinajstić information content (AvgIpc) is 2.82. The predicted molar refractivity (Wildman–Crippen MR) is 70.5 cm³/mol. The van der Waals surface area contributed by atoms with E-state index in [9.17, 15) is 4.79 Å². The summed E-state index contributed by atoms with van der Waals surface area (Å²) in [7, 11) is 0. The summed E-state index contributed by atoms with van der Waals surface area (Å²) in [4.78, 5) is 18.2. The van der Waals surface area contributed by atoms with E-state index >= 15 is 0 Å². The molecule has 0 radical (unpaired) electrons. The maximum Gasteiger partial charge on any atom is 0.262 e. The lowest BCUT2D eigenvalue weighted by atomic mass is 10.2. The molecule has 0 saturated heterocycles. The van der Waals surface area contributed by atoms with Crippen molar-refractivity contribution in [3.05, 3.63) is 53.7 Å². The van der Waals surface area contributed by atoms with Gasteiger partial charge in [-0.2, -0.15) is 0 Å². The molecule has 1 aromatic heterocycles. The second kappa shape index (κ2) is 4.14. The SMILES string of the molecule is Nc1ncccc1C(=O)N1CCc2ccccc21. The first-order valence-electron chi connectivity index (χ1n) is 5.87. The lowest BCUT2D eigenvalue weighted by Gasteiger charge is -2.17. The summed E-state index contributed by atoms with van der Waals surface area (Å²) in [5.41, 5.74) is 8.40. The maximum atomic E-state index is 12.4. The molecule has 2 aromatic rings. The number of anilines is 2. The van der Waals surface area contributed by atoms with Gasteiger partial charge in [-0.3, -0.25) is 4.79 Å². The molecule has 4 nitrogen and oxygen atoms in total. The number of pyridine rings is 1. The van der Waals surface area contributed by atoms with Crippen LogP contribution in [0.4, 0.5) is 11.5 Å². The number of hydrogen-bond acceptors (Lipinski definition) is 3. The van der Waals surface area contributed by atoms with Crippen LogP contribution in [0.2, 0.25) is 0 Å². The topological polar surface area (TPSA) is 59.2 Å². The van der Waals surface area contributed by atoms with Crippen molar-refractivity contribution in [3.63, 3.8) is 0 Å². The third-order valence-electron chi connectivity index (χ3n) is 3.20. The number of aromatic nitrogens is 1. The number of benzene rings is 1. The van der Waals surface area contributed by atoms with Crippen LogP contribution >= 0.6 is 0 Å². The number of amides is 1. The van der Waals surface area contributed by atoms with E-state index in [4.69, 9.17) is 5.73 Å². The number of carbonyl (C=O) groups is 1. The number of hydrogen-bond donors (Lipinski definition) is 1. The number of nitrogen functional groups attached to an aromatic ring is 1. The highest BCUT2D eigenvalue weighted by atomic mass is 16.2. The van der Waals surface area contributed by atoms with Gasteiger partial charge in [0.15, 0.2) is 0 Å². The average molecular weight is 239 g/mol. The van der Waals surface area contributed by atoms with E-state index in [0.717, 1.165) is 12.1 Å². The lowest BCUT2D eigenvalue weighted by Crippen LogP contribution is -2.29. The van der Waals surface area contributed by atoms with Gasteiger partial charge in [-0.25, -0.2) is 4.98 Å². The molecular weight excluding hydrogens is 226 g/mol. The fraction of sp³-hybridized carbons (Fsp3) is 0.143. The van der Waals surface area contributed by atoms with Crippen LogP contribution in [0.1, 0.15) is 15.9 Å². The van der Waals surface area contributed by atoms with Crippen molar-refractivity contribution < 1.29 is 4.79 Å². The van der Waals surface area contributed by atoms with Crippen LogP contribution < -0.4 is 10.6 Å². The Balaban J connectivity index is 1.99. The Labute approximate surface area is 105 Å². The smallest absolute Gasteiger partial charge is 0.262 e. The van der Waals surface area contributed by atoms with Crippen molar-refractivity contribution in [2.45, 2.75) is 6.42 Å². The number of nitrogens with two attached hydrogens (primary N) is 1. The summed E-state index contributed by atoms with van der Waals surface area (Å²) >= 11 is 0. The van der Waals surface area contributed by atoms with Crippen LogP contribution in [-0.4, -0.2) is 17.4 Å². The van der Waals surface area contributed by atoms with Crippen LogP contribution in [0.5, 0.6) is 0 Å². The second-order valence-electron chi connectivity index (χ2n) is 4.27. The van der Waals surface area contributed by atoms with E-state index in [2.05, 4.69) is 11.1 Å². The number of para-hydroxylation sites is 1.